The third-order valence-electron chi connectivity index (χ3n) is 3.05. The molecule has 122 valence electrons. The van der Waals surface area contributed by atoms with E-state index in [1.807, 2.05) is 26.0 Å². The van der Waals surface area contributed by atoms with Gasteiger partial charge in [0.1, 0.15) is 0 Å². The second kappa shape index (κ2) is 9.78. The summed E-state index contributed by atoms with van der Waals surface area (Å²) in [7, 11) is 0. The van der Waals surface area contributed by atoms with Gasteiger partial charge in [0, 0.05) is 37.6 Å². The first-order chi connectivity index (χ1) is 10.6. The molecule has 0 spiro atoms. The molecule has 0 bridgehead atoms. The molecule has 0 unspecified atom stereocenters. The molecule has 3 N–H and O–H groups in total. The minimum absolute atomic E-state index is 0.0600. The van der Waals surface area contributed by atoms with Gasteiger partial charge in [-0.1, -0.05) is 13.0 Å². The van der Waals surface area contributed by atoms with Gasteiger partial charge in [0.15, 0.2) is 0 Å². The molecule has 22 heavy (non-hydrogen) atoms. The topological polar surface area (TPSA) is 79.5 Å². The highest BCUT2D eigenvalue weighted by Crippen LogP contribution is 2.20. The Balaban J connectivity index is 2.51. The van der Waals surface area contributed by atoms with Gasteiger partial charge < -0.3 is 20.7 Å². The maximum absolute atomic E-state index is 11.8. The molecular formula is C16H25N3O3. The second-order valence-corrected chi connectivity index (χ2v) is 4.86. The van der Waals surface area contributed by atoms with Crippen LogP contribution in [0.25, 0.3) is 0 Å². The van der Waals surface area contributed by atoms with E-state index in [4.69, 9.17) is 4.74 Å². The van der Waals surface area contributed by atoms with Gasteiger partial charge in [0.2, 0.25) is 5.91 Å². The fraction of sp³-hybridized carbons (Fsp3) is 0.500. The molecule has 0 aliphatic carbocycles. The maximum atomic E-state index is 11.8. The number of aryl methyl sites for hydroxylation is 1. The number of carbonyl (C=O) groups is 2. The van der Waals surface area contributed by atoms with Crippen molar-refractivity contribution in [2.24, 2.45) is 0 Å². The molecule has 0 heterocycles. The van der Waals surface area contributed by atoms with Crippen LogP contribution >= 0.6 is 0 Å². The Labute approximate surface area is 131 Å². The third kappa shape index (κ3) is 6.58. The van der Waals surface area contributed by atoms with Crippen molar-refractivity contribution in [3.63, 3.8) is 0 Å². The number of urea groups is 1. The highest BCUT2D eigenvalue weighted by atomic mass is 16.5. The summed E-state index contributed by atoms with van der Waals surface area (Å²) >= 11 is 0. The summed E-state index contributed by atoms with van der Waals surface area (Å²) in [5.74, 6) is -0.0600. The summed E-state index contributed by atoms with van der Waals surface area (Å²) < 4.78 is 5.20. The van der Waals surface area contributed by atoms with E-state index in [9.17, 15) is 9.59 Å². The van der Waals surface area contributed by atoms with Crippen LogP contribution in [-0.4, -0.2) is 31.7 Å². The Kier molecular flexibility index (Phi) is 7.99. The number of carbonyl (C=O) groups excluding carboxylic acids is 2. The second-order valence-electron chi connectivity index (χ2n) is 4.86. The van der Waals surface area contributed by atoms with Crippen molar-refractivity contribution in [3.05, 3.63) is 23.8 Å². The lowest BCUT2D eigenvalue weighted by Crippen LogP contribution is -2.30. The van der Waals surface area contributed by atoms with Crippen molar-refractivity contribution in [2.45, 2.75) is 33.6 Å². The molecule has 6 heteroatoms. The lowest BCUT2D eigenvalue weighted by molar-refractivity contribution is -0.115. The normalized spacial score (nSPS) is 10.1. The minimum Gasteiger partial charge on any atom is -0.382 e. The standard InChI is InChI=1S/C16H25N3O3/c1-4-15(20)18-13-8-7-12(3)14(11-13)19-16(21)17-9-6-10-22-5-2/h7-8,11H,4-6,9-10H2,1-3H3,(H,18,20)(H2,17,19,21). The van der Waals surface area contributed by atoms with Crippen molar-refractivity contribution in [2.75, 3.05) is 30.4 Å². The van der Waals surface area contributed by atoms with Crippen LogP contribution in [0.2, 0.25) is 0 Å². The average Bonchev–Trinajstić information content (AvgIpc) is 2.50. The molecule has 3 amide bonds. The van der Waals surface area contributed by atoms with Crippen LogP contribution in [0.4, 0.5) is 16.2 Å². The van der Waals surface area contributed by atoms with Crippen molar-refractivity contribution in [3.8, 4) is 0 Å². The van der Waals surface area contributed by atoms with Crippen molar-refractivity contribution >= 4 is 23.3 Å². The van der Waals surface area contributed by atoms with Gasteiger partial charge in [-0.05, 0) is 38.0 Å². The molecule has 0 aromatic heterocycles. The Hall–Kier alpha value is -2.08. The van der Waals surface area contributed by atoms with Gasteiger partial charge in [0.05, 0.1) is 0 Å². The molecule has 1 aromatic rings. The lowest BCUT2D eigenvalue weighted by Gasteiger charge is -2.12. The van der Waals surface area contributed by atoms with Gasteiger partial charge in [-0.3, -0.25) is 4.79 Å². The van der Waals surface area contributed by atoms with E-state index in [-0.39, 0.29) is 11.9 Å². The highest BCUT2D eigenvalue weighted by molar-refractivity contribution is 5.94. The lowest BCUT2D eigenvalue weighted by atomic mass is 10.2. The largest absolute Gasteiger partial charge is 0.382 e. The van der Waals surface area contributed by atoms with Crippen LogP contribution in [0.3, 0.4) is 0 Å². The predicted octanol–water partition coefficient (Wildman–Crippen LogP) is 2.89. The van der Waals surface area contributed by atoms with Crippen LogP contribution in [0.5, 0.6) is 0 Å². The molecule has 0 aliphatic heterocycles. The zero-order valence-corrected chi connectivity index (χ0v) is 13.5. The van der Waals surface area contributed by atoms with E-state index in [2.05, 4.69) is 16.0 Å². The van der Waals surface area contributed by atoms with Crippen LogP contribution in [-0.2, 0) is 9.53 Å². The number of anilines is 2. The number of hydrogen-bond acceptors (Lipinski definition) is 3. The van der Waals surface area contributed by atoms with Crippen molar-refractivity contribution < 1.29 is 14.3 Å². The van der Waals surface area contributed by atoms with E-state index in [0.717, 1.165) is 12.0 Å². The number of ether oxygens (including phenoxy) is 1. The molecule has 1 rings (SSSR count). The molecule has 1 aromatic carbocycles. The van der Waals surface area contributed by atoms with Crippen LogP contribution < -0.4 is 16.0 Å². The molecule has 0 fully saturated rings. The van der Waals surface area contributed by atoms with Gasteiger partial charge in [-0.15, -0.1) is 0 Å². The van der Waals surface area contributed by atoms with Gasteiger partial charge in [-0.2, -0.15) is 0 Å². The first-order valence-electron chi connectivity index (χ1n) is 7.59. The molecule has 0 saturated heterocycles. The number of nitrogens with one attached hydrogen (secondary N) is 3. The van der Waals surface area contributed by atoms with Gasteiger partial charge in [0.25, 0.3) is 0 Å². The number of rotatable bonds is 8. The number of benzene rings is 1. The minimum atomic E-state index is -0.265. The summed E-state index contributed by atoms with van der Waals surface area (Å²) in [5.41, 5.74) is 2.28. The summed E-state index contributed by atoms with van der Waals surface area (Å²) in [6.45, 7) is 7.49. The Morgan fingerprint density at radius 3 is 2.64 bits per heavy atom. The fourth-order valence-electron chi connectivity index (χ4n) is 1.77. The van der Waals surface area contributed by atoms with E-state index in [1.165, 1.54) is 0 Å². The SMILES string of the molecule is CCOCCCNC(=O)Nc1cc(NC(=O)CC)ccc1C. The van der Waals surface area contributed by atoms with Gasteiger partial charge in [-0.25, -0.2) is 4.79 Å². The first-order valence-corrected chi connectivity index (χ1v) is 7.59. The van der Waals surface area contributed by atoms with Crippen LogP contribution in [0.15, 0.2) is 18.2 Å². The Bertz CT molecular complexity index is 503. The van der Waals surface area contributed by atoms with E-state index >= 15 is 0 Å². The van der Waals surface area contributed by atoms with Crippen LogP contribution in [0.1, 0.15) is 32.3 Å². The molecule has 0 atom stereocenters. The highest BCUT2D eigenvalue weighted by Gasteiger charge is 2.06. The number of hydrogen-bond donors (Lipinski definition) is 3. The monoisotopic (exact) mass is 307 g/mol. The fourth-order valence-corrected chi connectivity index (χ4v) is 1.77. The Morgan fingerprint density at radius 2 is 1.95 bits per heavy atom. The summed E-state index contributed by atoms with van der Waals surface area (Å²) in [6, 6.07) is 5.16. The number of amides is 3. The molecule has 0 radical (unpaired) electrons. The quantitative estimate of drug-likeness (QED) is 0.646. The summed E-state index contributed by atoms with van der Waals surface area (Å²) in [5, 5.41) is 8.33. The predicted molar refractivity (Wildman–Crippen MR) is 88.2 cm³/mol. The third-order valence-corrected chi connectivity index (χ3v) is 3.05. The first kappa shape index (κ1) is 18.0. The molecule has 0 saturated carbocycles. The van der Waals surface area contributed by atoms with E-state index in [1.54, 1.807) is 13.0 Å². The van der Waals surface area contributed by atoms with E-state index < -0.39 is 0 Å². The van der Waals surface area contributed by atoms with Gasteiger partial charge >= 0.3 is 6.03 Å². The van der Waals surface area contributed by atoms with Crippen LogP contribution in [0, 0.1) is 6.92 Å². The average molecular weight is 307 g/mol. The zero-order valence-electron chi connectivity index (χ0n) is 13.5. The summed E-state index contributed by atoms with van der Waals surface area (Å²) in [6.07, 6.45) is 1.18. The Morgan fingerprint density at radius 1 is 1.18 bits per heavy atom. The van der Waals surface area contributed by atoms with Crippen molar-refractivity contribution in [1.29, 1.82) is 0 Å². The zero-order chi connectivity index (χ0) is 16.4. The van der Waals surface area contributed by atoms with E-state index in [0.29, 0.717) is 37.6 Å². The van der Waals surface area contributed by atoms with Crippen molar-refractivity contribution in [1.82, 2.24) is 5.32 Å². The smallest absolute Gasteiger partial charge is 0.319 e. The molecular weight excluding hydrogens is 282 g/mol. The maximum Gasteiger partial charge on any atom is 0.319 e. The molecule has 0 aliphatic rings. The molecule has 6 nitrogen and oxygen atoms in total. The summed E-state index contributed by atoms with van der Waals surface area (Å²) in [4.78, 5) is 23.2.